The van der Waals surface area contributed by atoms with Gasteiger partial charge >= 0.3 is 0 Å². The Hall–Kier alpha value is -2.60. The summed E-state index contributed by atoms with van der Waals surface area (Å²) in [6.07, 6.45) is 0. The molecule has 5 nitrogen and oxygen atoms in total. The van der Waals surface area contributed by atoms with Crippen molar-refractivity contribution in [2.75, 3.05) is 17.7 Å². The van der Waals surface area contributed by atoms with Gasteiger partial charge in [0.05, 0.1) is 12.1 Å². The maximum atomic E-state index is 11.8. The Morgan fingerprint density at radius 1 is 0.939 bits per heavy atom. The average Bonchev–Trinajstić information content (AvgIpc) is 2.78. The number of anilines is 2. The molecule has 0 radical (unpaired) electrons. The summed E-state index contributed by atoms with van der Waals surface area (Å²) >= 11 is 18.7. The topological polar surface area (TPSA) is 59.6 Å². The molecule has 3 aromatic carbocycles. The molecule has 0 saturated heterocycles. The predicted molar refractivity (Wildman–Crippen MR) is 136 cm³/mol. The van der Waals surface area contributed by atoms with Gasteiger partial charge in [-0.05, 0) is 54.1 Å². The van der Waals surface area contributed by atoms with Crippen molar-refractivity contribution in [1.82, 2.24) is 0 Å². The number of carbonyl (C=O) groups excluding carboxylic acids is 1. The Balaban J connectivity index is 1.65. The third-order valence-electron chi connectivity index (χ3n) is 4.85. The largest absolute Gasteiger partial charge is 0.493 e. The second-order valence-electron chi connectivity index (χ2n) is 7.71. The van der Waals surface area contributed by atoms with E-state index in [1.165, 1.54) is 0 Å². The molecule has 1 amide bonds. The van der Waals surface area contributed by atoms with Gasteiger partial charge in [-0.3, -0.25) is 4.79 Å². The fraction of sp³-hybridized carbons (Fsp3) is 0.240. The standard InChI is InChI=1S/C25H25Cl3N2O3/c1-15(2)25(31)30-20-8-6-19(7-9-20)29-13-16-10-22(28)24(23(11-16)32-3)33-14-17-4-5-18(26)12-21(17)27/h4-12,15,29H,13-14H2,1-3H3,(H,30,31). The summed E-state index contributed by atoms with van der Waals surface area (Å²) in [4.78, 5) is 11.8. The Morgan fingerprint density at radius 2 is 1.64 bits per heavy atom. The highest BCUT2D eigenvalue weighted by molar-refractivity contribution is 6.35. The molecular weight excluding hydrogens is 483 g/mol. The van der Waals surface area contributed by atoms with E-state index in [0.29, 0.717) is 33.1 Å². The molecule has 8 heteroatoms. The van der Waals surface area contributed by atoms with Gasteiger partial charge in [-0.15, -0.1) is 0 Å². The minimum atomic E-state index is -0.0716. The first-order valence-corrected chi connectivity index (χ1v) is 11.5. The van der Waals surface area contributed by atoms with Gasteiger partial charge < -0.3 is 20.1 Å². The van der Waals surface area contributed by atoms with E-state index >= 15 is 0 Å². The summed E-state index contributed by atoms with van der Waals surface area (Å²) in [6, 6.07) is 16.4. The molecule has 0 atom stereocenters. The van der Waals surface area contributed by atoms with E-state index in [4.69, 9.17) is 44.3 Å². The van der Waals surface area contributed by atoms with Crippen LogP contribution in [0.1, 0.15) is 25.0 Å². The molecule has 0 bridgehead atoms. The normalized spacial score (nSPS) is 10.8. The van der Waals surface area contributed by atoms with E-state index in [9.17, 15) is 4.79 Å². The van der Waals surface area contributed by atoms with Crippen LogP contribution in [0.25, 0.3) is 0 Å². The van der Waals surface area contributed by atoms with Crippen LogP contribution >= 0.6 is 34.8 Å². The number of benzene rings is 3. The number of amides is 1. The number of carbonyl (C=O) groups is 1. The number of ether oxygens (including phenoxy) is 2. The predicted octanol–water partition coefficient (Wildman–Crippen LogP) is 7.44. The molecule has 0 aliphatic rings. The number of hydrogen-bond donors (Lipinski definition) is 2. The van der Waals surface area contributed by atoms with Gasteiger partial charge in [0.25, 0.3) is 0 Å². The van der Waals surface area contributed by atoms with Crippen LogP contribution < -0.4 is 20.1 Å². The minimum Gasteiger partial charge on any atom is -0.493 e. The van der Waals surface area contributed by atoms with Gasteiger partial charge in [0.1, 0.15) is 6.61 Å². The molecule has 0 aliphatic heterocycles. The fourth-order valence-electron chi connectivity index (χ4n) is 2.97. The van der Waals surface area contributed by atoms with E-state index in [-0.39, 0.29) is 18.4 Å². The van der Waals surface area contributed by atoms with E-state index in [1.54, 1.807) is 19.2 Å². The first-order valence-electron chi connectivity index (χ1n) is 10.3. The van der Waals surface area contributed by atoms with Crippen LogP contribution in [0.2, 0.25) is 15.1 Å². The van der Waals surface area contributed by atoms with Gasteiger partial charge in [0.15, 0.2) is 11.5 Å². The van der Waals surface area contributed by atoms with Gasteiger partial charge in [0, 0.05) is 39.4 Å². The Morgan fingerprint density at radius 3 is 2.27 bits per heavy atom. The van der Waals surface area contributed by atoms with Gasteiger partial charge in [0.2, 0.25) is 5.91 Å². The van der Waals surface area contributed by atoms with Crippen molar-refractivity contribution in [1.29, 1.82) is 0 Å². The molecule has 174 valence electrons. The molecule has 2 N–H and O–H groups in total. The lowest BCUT2D eigenvalue weighted by Crippen LogP contribution is -2.17. The monoisotopic (exact) mass is 506 g/mol. The van der Waals surface area contributed by atoms with Crippen LogP contribution in [-0.4, -0.2) is 13.0 Å². The SMILES string of the molecule is COc1cc(CNc2ccc(NC(=O)C(C)C)cc2)cc(Cl)c1OCc1ccc(Cl)cc1Cl. The Labute approximate surface area is 208 Å². The number of methoxy groups -OCH3 is 1. The maximum Gasteiger partial charge on any atom is 0.226 e. The second-order valence-corrected chi connectivity index (χ2v) is 8.96. The summed E-state index contributed by atoms with van der Waals surface area (Å²) in [5, 5.41) is 7.72. The number of hydrogen-bond acceptors (Lipinski definition) is 4. The number of rotatable bonds is 9. The van der Waals surface area contributed by atoms with Crippen LogP contribution in [-0.2, 0) is 17.9 Å². The van der Waals surface area contributed by atoms with Crippen molar-refractivity contribution in [3.05, 3.63) is 80.8 Å². The molecule has 0 spiro atoms. The first-order chi connectivity index (χ1) is 15.8. The van der Waals surface area contributed by atoms with Gasteiger partial charge in [-0.2, -0.15) is 0 Å². The molecule has 3 rings (SSSR count). The van der Waals surface area contributed by atoms with Crippen LogP contribution in [0.15, 0.2) is 54.6 Å². The highest BCUT2D eigenvalue weighted by Gasteiger charge is 2.14. The summed E-state index contributed by atoms with van der Waals surface area (Å²) < 4.78 is 11.4. The lowest BCUT2D eigenvalue weighted by molar-refractivity contribution is -0.118. The van der Waals surface area contributed by atoms with Crippen LogP contribution in [0, 0.1) is 5.92 Å². The van der Waals surface area contributed by atoms with Gasteiger partial charge in [-0.1, -0.05) is 54.7 Å². The summed E-state index contributed by atoms with van der Waals surface area (Å²) in [7, 11) is 1.56. The van der Waals surface area contributed by atoms with Crippen molar-refractivity contribution in [2.24, 2.45) is 5.92 Å². The van der Waals surface area contributed by atoms with Crippen molar-refractivity contribution in [3.63, 3.8) is 0 Å². The summed E-state index contributed by atoms with van der Waals surface area (Å²) in [5.41, 5.74) is 3.38. The third kappa shape index (κ3) is 6.94. The number of nitrogens with one attached hydrogen (secondary N) is 2. The smallest absolute Gasteiger partial charge is 0.226 e. The first kappa shape index (κ1) is 25.0. The third-order valence-corrected chi connectivity index (χ3v) is 5.72. The fourth-order valence-corrected chi connectivity index (χ4v) is 3.72. The molecule has 0 unspecified atom stereocenters. The maximum absolute atomic E-state index is 11.8. The van der Waals surface area contributed by atoms with Crippen molar-refractivity contribution >= 4 is 52.1 Å². The number of halogens is 3. The van der Waals surface area contributed by atoms with Crippen LogP contribution in [0.5, 0.6) is 11.5 Å². The van der Waals surface area contributed by atoms with Gasteiger partial charge in [-0.25, -0.2) is 0 Å². The zero-order valence-electron chi connectivity index (χ0n) is 18.5. The molecule has 3 aromatic rings. The van der Waals surface area contributed by atoms with Crippen molar-refractivity contribution < 1.29 is 14.3 Å². The lowest BCUT2D eigenvalue weighted by Gasteiger charge is -2.15. The highest BCUT2D eigenvalue weighted by atomic mass is 35.5. The summed E-state index contributed by atoms with van der Waals surface area (Å²) in [6.45, 7) is 4.46. The Kier molecular flexibility index (Phi) is 8.73. The quantitative estimate of drug-likeness (QED) is 0.316. The second kappa shape index (κ2) is 11.5. The Bertz CT molecular complexity index is 1120. The van der Waals surface area contributed by atoms with Crippen molar-refractivity contribution in [3.8, 4) is 11.5 Å². The van der Waals surface area contributed by atoms with E-state index < -0.39 is 0 Å². The highest BCUT2D eigenvalue weighted by Crippen LogP contribution is 2.37. The van der Waals surface area contributed by atoms with Crippen LogP contribution in [0.4, 0.5) is 11.4 Å². The lowest BCUT2D eigenvalue weighted by atomic mass is 10.1. The zero-order valence-corrected chi connectivity index (χ0v) is 20.8. The van der Waals surface area contributed by atoms with Crippen LogP contribution in [0.3, 0.4) is 0 Å². The van der Waals surface area contributed by atoms with E-state index in [1.807, 2.05) is 56.3 Å². The summed E-state index contributed by atoms with van der Waals surface area (Å²) in [5.74, 6) is 0.881. The molecular formula is C25H25Cl3N2O3. The molecule has 33 heavy (non-hydrogen) atoms. The minimum absolute atomic E-state index is 0.0157. The molecule has 0 fully saturated rings. The molecule has 0 aliphatic carbocycles. The molecule has 0 heterocycles. The average molecular weight is 508 g/mol. The van der Waals surface area contributed by atoms with Crippen molar-refractivity contribution in [2.45, 2.75) is 27.0 Å². The molecule has 0 saturated carbocycles. The zero-order chi connectivity index (χ0) is 24.0. The molecule has 0 aromatic heterocycles. The van der Waals surface area contributed by atoms with E-state index in [2.05, 4.69) is 10.6 Å². The van der Waals surface area contributed by atoms with E-state index in [0.717, 1.165) is 22.5 Å².